The number of rotatable bonds is 4. The SMILES string of the molecule is CCOC(=O)C1=C(C)NC(C=O)NC1c1cccc(Cl)c1. The van der Waals surface area contributed by atoms with E-state index < -0.39 is 18.2 Å². The number of halogens is 1. The number of hydrogen-bond donors (Lipinski definition) is 2. The van der Waals surface area contributed by atoms with E-state index in [1.54, 1.807) is 32.0 Å². The molecule has 5 nitrogen and oxygen atoms in total. The lowest BCUT2D eigenvalue weighted by Gasteiger charge is -2.32. The highest BCUT2D eigenvalue weighted by Crippen LogP contribution is 2.29. The van der Waals surface area contributed by atoms with E-state index in [1.807, 2.05) is 6.07 Å². The van der Waals surface area contributed by atoms with E-state index in [9.17, 15) is 9.59 Å². The Bertz CT molecular complexity index is 586. The van der Waals surface area contributed by atoms with Crippen LogP contribution >= 0.6 is 11.6 Å². The molecular weight excluding hydrogens is 292 g/mol. The highest BCUT2D eigenvalue weighted by Gasteiger charge is 2.32. The molecule has 0 spiro atoms. The Morgan fingerprint density at radius 2 is 2.24 bits per heavy atom. The summed E-state index contributed by atoms with van der Waals surface area (Å²) in [6, 6.07) is 6.72. The molecule has 6 heteroatoms. The van der Waals surface area contributed by atoms with E-state index >= 15 is 0 Å². The van der Waals surface area contributed by atoms with Crippen molar-refractivity contribution in [3.05, 3.63) is 46.1 Å². The van der Waals surface area contributed by atoms with Crippen LogP contribution in [0.4, 0.5) is 0 Å². The third-order valence-electron chi connectivity index (χ3n) is 3.22. The van der Waals surface area contributed by atoms with Crippen molar-refractivity contribution in [2.75, 3.05) is 6.61 Å². The zero-order chi connectivity index (χ0) is 15.4. The van der Waals surface area contributed by atoms with E-state index in [1.165, 1.54) is 0 Å². The van der Waals surface area contributed by atoms with Crippen LogP contribution in [0, 0.1) is 0 Å². The third-order valence-corrected chi connectivity index (χ3v) is 3.46. The number of hydrogen-bond acceptors (Lipinski definition) is 5. The van der Waals surface area contributed by atoms with Gasteiger partial charge in [-0.2, -0.15) is 0 Å². The molecule has 0 amide bonds. The van der Waals surface area contributed by atoms with Crippen molar-refractivity contribution in [3.8, 4) is 0 Å². The Morgan fingerprint density at radius 3 is 2.86 bits per heavy atom. The molecule has 21 heavy (non-hydrogen) atoms. The Kier molecular flexibility index (Phi) is 4.98. The molecule has 0 saturated heterocycles. The first-order valence-electron chi connectivity index (χ1n) is 6.68. The van der Waals surface area contributed by atoms with Crippen LogP contribution in [-0.4, -0.2) is 25.0 Å². The van der Waals surface area contributed by atoms with Crippen LogP contribution in [0.15, 0.2) is 35.5 Å². The monoisotopic (exact) mass is 308 g/mol. The number of esters is 1. The number of ether oxygens (including phenoxy) is 1. The van der Waals surface area contributed by atoms with E-state index in [4.69, 9.17) is 16.3 Å². The largest absolute Gasteiger partial charge is 0.463 e. The Morgan fingerprint density at radius 1 is 1.48 bits per heavy atom. The molecular formula is C15H17ClN2O3. The van der Waals surface area contributed by atoms with Crippen molar-refractivity contribution in [1.29, 1.82) is 0 Å². The number of carbonyl (C=O) groups is 2. The fourth-order valence-corrected chi connectivity index (χ4v) is 2.53. The van der Waals surface area contributed by atoms with Gasteiger partial charge in [0.05, 0.1) is 18.2 Å². The van der Waals surface area contributed by atoms with Gasteiger partial charge in [0.15, 0.2) is 6.29 Å². The van der Waals surface area contributed by atoms with Crippen molar-refractivity contribution in [1.82, 2.24) is 10.6 Å². The molecule has 0 aliphatic carbocycles. The molecule has 0 bridgehead atoms. The van der Waals surface area contributed by atoms with Crippen LogP contribution < -0.4 is 10.6 Å². The molecule has 2 unspecified atom stereocenters. The Balaban J connectivity index is 2.44. The molecule has 1 aliphatic heterocycles. The van der Waals surface area contributed by atoms with E-state index in [2.05, 4.69) is 10.6 Å². The van der Waals surface area contributed by atoms with Gasteiger partial charge in [-0.3, -0.25) is 10.1 Å². The van der Waals surface area contributed by atoms with Crippen molar-refractivity contribution in [2.24, 2.45) is 0 Å². The molecule has 0 aromatic heterocycles. The number of allylic oxidation sites excluding steroid dienone is 1. The molecule has 0 saturated carbocycles. The van der Waals surface area contributed by atoms with Gasteiger partial charge in [0.25, 0.3) is 0 Å². The topological polar surface area (TPSA) is 67.4 Å². The lowest BCUT2D eigenvalue weighted by molar-refractivity contribution is -0.139. The summed E-state index contributed by atoms with van der Waals surface area (Å²) >= 11 is 6.01. The van der Waals surface area contributed by atoms with Gasteiger partial charge in [-0.05, 0) is 31.5 Å². The molecule has 2 atom stereocenters. The second-order valence-corrected chi connectivity index (χ2v) is 5.11. The standard InChI is InChI=1S/C15H17ClN2O3/c1-3-21-15(20)13-9(2)17-12(8-19)18-14(13)10-5-4-6-11(16)7-10/h4-8,12,14,17-18H,3H2,1-2H3. The summed E-state index contributed by atoms with van der Waals surface area (Å²) in [6.07, 6.45) is 0.190. The summed E-state index contributed by atoms with van der Waals surface area (Å²) in [6.45, 7) is 3.79. The van der Waals surface area contributed by atoms with Gasteiger partial charge in [-0.15, -0.1) is 0 Å². The zero-order valence-corrected chi connectivity index (χ0v) is 12.6. The molecule has 1 aromatic carbocycles. The number of carbonyl (C=O) groups excluding carboxylic acids is 2. The van der Waals surface area contributed by atoms with Crippen LogP contribution in [0.1, 0.15) is 25.5 Å². The molecule has 2 rings (SSSR count). The summed E-state index contributed by atoms with van der Waals surface area (Å²) in [5.74, 6) is -0.413. The van der Waals surface area contributed by atoms with Gasteiger partial charge < -0.3 is 10.1 Å². The normalized spacial score (nSPS) is 21.7. The van der Waals surface area contributed by atoms with Gasteiger partial charge in [0.2, 0.25) is 0 Å². The minimum Gasteiger partial charge on any atom is -0.463 e. The average molecular weight is 309 g/mol. The Hall–Kier alpha value is -1.85. The quantitative estimate of drug-likeness (QED) is 0.657. The zero-order valence-electron chi connectivity index (χ0n) is 11.9. The number of aldehydes is 1. The van der Waals surface area contributed by atoms with Gasteiger partial charge >= 0.3 is 5.97 Å². The second kappa shape index (κ2) is 6.74. The van der Waals surface area contributed by atoms with Crippen LogP contribution in [0.25, 0.3) is 0 Å². The van der Waals surface area contributed by atoms with E-state index in [0.29, 0.717) is 16.3 Å². The van der Waals surface area contributed by atoms with Crippen molar-refractivity contribution in [3.63, 3.8) is 0 Å². The van der Waals surface area contributed by atoms with Crippen molar-refractivity contribution >= 4 is 23.9 Å². The van der Waals surface area contributed by atoms with Crippen LogP contribution in [-0.2, 0) is 14.3 Å². The van der Waals surface area contributed by atoms with Crippen molar-refractivity contribution < 1.29 is 14.3 Å². The predicted octanol–water partition coefficient (Wildman–Crippen LogP) is 1.94. The van der Waals surface area contributed by atoms with Crippen LogP contribution in [0.2, 0.25) is 5.02 Å². The van der Waals surface area contributed by atoms with E-state index in [-0.39, 0.29) is 6.61 Å². The third kappa shape index (κ3) is 3.43. The summed E-state index contributed by atoms with van der Waals surface area (Å²) in [5.41, 5.74) is 1.88. The van der Waals surface area contributed by atoms with Gasteiger partial charge in [-0.25, -0.2) is 4.79 Å². The minimum absolute atomic E-state index is 0.287. The van der Waals surface area contributed by atoms with Crippen LogP contribution in [0.5, 0.6) is 0 Å². The maximum absolute atomic E-state index is 12.2. The Labute approximate surface area is 128 Å². The maximum atomic E-state index is 12.2. The molecule has 1 heterocycles. The highest BCUT2D eigenvalue weighted by atomic mass is 35.5. The fourth-order valence-electron chi connectivity index (χ4n) is 2.33. The molecule has 112 valence electrons. The summed E-state index contributed by atoms with van der Waals surface area (Å²) in [4.78, 5) is 23.3. The fraction of sp³-hybridized carbons (Fsp3) is 0.333. The minimum atomic E-state index is -0.563. The lowest BCUT2D eigenvalue weighted by Crippen LogP contribution is -2.50. The van der Waals surface area contributed by atoms with Gasteiger partial charge in [-0.1, -0.05) is 23.7 Å². The summed E-state index contributed by atoms with van der Waals surface area (Å²) in [7, 11) is 0. The predicted molar refractivity (Wildman–Crippen MR) is 79.6 cm³/mol. The first-order chi connectivity index (χ1) is 10.1. The highest BCUT2D eigenvalue weighted by molar-refractivity contribution is 6.30. The van der Waals surface area contributed by atoms with Crippen LogP contribution in [0.3, 0.4) is 0 Å². The lowest BCUT2D eigenvalue weighted by atomic mass is 9.95. The van der Waals surface area contributed by atoms with E-state index in [0.717, 1.165) is 11.8 Å². The second-order valence-electron chi connectivity index (χ2n) is 4.67. The summed E-state index contributed by atoms with van der Waals surface area (Å²) < 4.78 is 5.10. The molecule has 1 aromatic rings. The number of benzene rings is 1. The average Bonchev–Trinajstić information content (AvgIpc) is 2.46. The molecule has 2 N–H and O–H groups in total. The number of nitrogens with one attached hydrogen (secondary N) is 2. The first-order valence-corrected chi connectivity index (χ1v) is 7.05. The smallest absolute Gasteiger partial charge is 0.337 e. The maximum Gasteiger partial charge on any atom is 0.337 e. The summed E-state index contributed by atoms with van der Waals surface area (Å²) in [5, 5.41) is 6.57. The molecule has 0 fully saturated rings. The molecule has 1 aliphatic rings. The van der Waals surface area contributed by atoms with Crippen molar-refractivity contribution in [2.45, 2.75) is 26.1 Å². The first kappa shape index (κ1) is 15.5. The van der Waals surface area contributed by atoms with Gasteiger partial charge in [0.1, 0.15) is 6.17 Å². The molecule has 0 radical (unpaired) electrons. The van der Waals surface area contributed by atoms with Gasteiger partial charge in [0, 0.05) is 10.7 Å².